The van der Waals surface area contributed by atoms with Crippen molar-refractivity contribution in [3.63, 3.8) is 0 Å². The maximum absolute atomic E-state index is 10.7. The van der Waals surface area contributed by atoms with Crippen molar-refractivity contribution < 1.29 is 9.84 Å². The molecule has 4 aromatic carbocycles. The number of pyridine rings is 2. The van der Waals surface area contributed by atoms with Gasteiger partial charge in [-0.2, -0.15) is 4.98 Å². The van der Waals surface area contributed by atoms with Crippen LogP contribution in [0.1, 0.15) is 22.3 Å². The van der Waals surface area contributed by atoms with Crippen molar-refractivity contribution >= 4 is 21.8 Å². The normalized spacial score (nSPS) is 14.7. The number of fused-ring (bicyclic) bond motifs is 5. The first-order chi connectivity index (χ1) is 21.6. The van der Waals surface area contributed by atoms with Crippen molar-refractivity contribution in [1.29, 1.82) is 0 Å². The largest absolute Gasteiger partial charge is 0.507 e. The molecule has 1 spiro atoms. The van der Waals surface area contributed by atoms with Gasteiger partial charge in [-0.25, -0.2) is 4.98 Å². The number of aromatic hydroxyl groups is 1. The van der Waals surface area contributed by atoms with Crippen molar-refractivity contribution in [3.8, 4) is 34.6 Å². The third kappa shape index (κ3) is 3.93. The maximum Gasteiger partial charge on any atom is 0.225 e. The number of aromatic nitrogens is 3. The van der Waals surface area contributed by atoms with Gasteiger partial charge in [-0.05, 0) is 84.2 Å². The van der Waals surface area contributed by atoms with Gasteiger partial charge in [0, 0.05) is 28.0 Å². The van der Waals surface area contributed by atoms with Crippen molar-refractivity contribution in [3.05, 3.63) is 144 Å². The van der Waals surface area contributed by atoms with E-state index in [0.29, 0.717) is 23.0 Å². The molecule has 3 aromatic heterocycles. The van der Waals surface area contributed by atoms with Gasteiger partial charge in [0.15, 0.2) is 0 Å². The van der Waals surface area contributed by atoms with Gasteiger partial charge in [-0.15, -0.1) is 0 Å². The highest BCUT2D eigenvalue weighted by atomic mass is 16.5. The highest BCUT2D eigenvalue weighted by Crippen LogP contribution is 2.50. The summed E-state index contributed by atoms with van der Waals surface area (Å²) in [7, 11) is 0. The van der Waals surface area contributed by atoms with Gasteiger partial charge in [0.05, 0.1) is 16.7 Å². The Hall–Kier alpha value is -5.42. The van der Waals surface area contributed by atoms with Crippen LogP contribution in [0.2, 0.25) is 0 Å². The summed E-state index contributed by atoms with van der Waals surface area (Å²) in [5.74, 6) is 2.05. The molecule has 0 bridgehead atoms. The Labute approximate surface area is 255 Å². The molecule has 5 heteroatoms. The summed E-state index contributed by atoms with van der Waals surface area (Å²) < 4.78 is 8.84. The summed E-state index contributed by atoms with van der Waals surface area (Å²) in [5, 5.41) is 13.1. The third-order valence-electron chi connectivity index (χ3n) is 9.44. The number of phenols is 1. The number of hydrogen-bond acceptors (Lipinski definition) is 4. The van der Waals surface area contributed by atoms with E-state index in [1.807, 2.05) is 36.4 Å². The molecular formula is C39H29N3O2. The average molecular weight is 572 g/mol. The van der Waals surface area contributed by atoms with Crippen molar-refractivity contribution in [1.82, 2.24) is 14.5 Å². The number of ether oxygens (including phenoxy) is 1. The molecule has 5 nitrogen and oxygen atoms in total. The summed E-state index contributed by atoms with van der Waals surface area (Å²) >= 11 is 0. The van der Waals surface area contributed by atoms with Crippen LogP contribution in [0.4, 0.5) is 0 Å². The summed E-state index contributed by atoms with van der Waals surface area (Å²) in [6, 6.07) is 41.1. The number of benzene rings is 4. The number of phenolic OH excluding ortho intramolecular Hbond substituents is 1. The molecule has 2 aliphatic carbocycles. The molecule has 1 N–H and O–H groups in total. The SMILES string of the molecule is Oc1ccccc1-c1cc2c(c(Oc3cccc(-n4c5ccccc5c5ccccc54)n3)n1)CC1(Cc3ccccc3C1)C2. The van der Waals surface area contributed by atoms with Crippen LogP contribution in [-0.4, -0.2) is 19.6 Å². The molecule has 212 valence electrons. The second-order valence-electron chi connectivity index (χ2n) is 12.2. The Balaban J connectivity index is 1.15. The maximum atomic E-state index is 10.7. The van der Waals surface area contributed by atoms with E-state index in [4.69, 9.17) is 14.7 Å². The highest BCUT2D eigenvalue weighted by molar-refractivity contribution is 6.09. The molecule has 9 rings (SSSR count). The minimum absolute atomic E-state index is 0.113. The van der Waals surface area contributed by atoms with E-state index < -0.39 is 0 Å². The zero-order valence-electron chi connectivity index (χ0n) is 24.1. The van der Waals surface area contributed by atoms with E-state index >= 15 is 0 Å². The molecule has 0 aliphatic heterocycles. The van der Waals surface area contributed by atoms with Crippen LogP contribution in [0.3, 0.4) is 0 Å². The highest BCUT2D eigenvalue weighted by Gasteiger charge is 2.44. The zero-order chi connectivity index (χ0) is 29.3. The lowest BCUT2D eigenvalue weighted by atomic mass is 9.82. The molecule has 0 saturated heterocycles. The van der Waals surface area contributed by atoms with E-state index in [-0.39, 0.29) is 11.2 Å². The fraction of sp³-hybridized carbons (Fsp3) is 0.128. The quantitative estimate of drug-likeness (QED) is 0.230. The number of para-hydroxylation sites is 3. The smallest absolute Gasteiger partial charge is 0.225 e. The van der Waals surface area contributed by atoms with Gasteiger partial charge in [-0.3, -0.25) is 4.57 Å². The van der Waals surface area contributed by atoms with Gasteiger partial charge in [-0.1, -0.05) is 78.9 Å². The van der Waals surface area contributed by atoms with Gasteiger partial charge < -0.3 is 9.84 Å². The Morgan fingerprint density at radius 1 is 0.614 bits per heavy atom. The van der Waals surface area contributed by atoms with Gasteiger partial charge in [0.1, 0.15) is 11.6 Å². The lowest BCUT2D eigenvalue weighted by Crippen LogP contribution is -2.21. The summed E-state index contributed by atoms with van der Waals surface area (Å²) in [6.07, 6.45) is 3.94. The van der Waals surface area contributed by atoms with Crippen LogP contribution in [0, 0.1) is 5.41 Å². The minimum Gasteiger partial charge on any atom is -0.507 e. The van der Waals surface area contributed by atoms with Crippen LogP contribution >= 0.6 is 0 Å². The molecule has 0 unspecified atom stereocenters. The number of hydrogen-bond donors (Lipinski definition) is 1. The molecule has 0 fully saturated rings. The molecule has 44 heavy (non-hydrogen) atoms. The fourth-order valence-electron chi connectivity index (χ4n) is 7.58. The Morgan fingerprint density at radius 2 is 1.25 bits per heavy atom. The Morgan fingerprint density at radius 3 is 1.98 bits per heavy atom. The topological polar surface area (TPSA) is 60.2 Å². The molecule has 7 aromatic rings. The van der Waals surface area contributed by atoms with E-state index in [0.717, 1.165) is 48.1 Å². The van der Waals surface area contributed by atoms with E-state index in [1.54, 1.807) is 6.07 Å². The van der Waals surface area contributed by atoms with Crippen molar-refractivity contribution in [2.75, 3.05) is 0 Å². The molecule has 0 saturated carbocycles. The second-order valence-corrected chi connectivity index (χ2v) is 12.2. The minimum atomic E-state index is 0.113. The van der Waals surface area contributed by atoms with Crippen molar-refractivity contribution in [2.24, 2.45) is 5.41 Å². The zero-order valence-corrected chi connectivity index (χ0v) is 24.1. The van der Waals surface area contributed by atoms with E-state index in [9.17, 15) is 5.11 Å². The third-order valence-corrected chi connectivity index (χ3v) is 9.44. The van der Waals surface area contributed by atoms with E-state index in [1.165, 1.54) is 27.5 Å². The molecule has 2 aliphatic rings. The van der Waals surface area contributed by atoms with Crippen molar-refractivity contribution in [2.45, 2.75) is 25.7 Å². The number of rotatable bonds is 4. The van der Waals surface area contributed by atoms with Crippen LogP contribution in [0.15, 0.2) is 121 Å². The standard InChI is InChI=1S/C39H29N3O2/c43-35-17-8-5-14-30(35)32-20-27-23-39(21-25-10-1-2-11-26(25)22-39)24-31(27)38(40-32)44-37-19-9-18-36(41-37)42-33-15-6-3-12-28(33)29-13-4-7-16-34(29)42/h1-20,43H,21-24H2. The molecular weight excluding hydrogens is 542 g/mol. The van der Waals surface area contributed by atoms with Crippen LogP contribution in [-0.2, 0) is 25.7 Å². The first kappa shape index (κ1) is 25.1. The monoisotopic (exact) mass is 571 g/mol. The van der Waals surface area contributed by atoms with Gasteiger partial charge in [0.25, 0.3) is 0 Å². The predicted molar refractivity (Wildman–Crippen MR) is 174 cm³/mol. The fourth-order valence-corrected chi connectivity index (χ4v) is 7.58. The van der Waals surface area contributed by atoms with Crippen LogP contribution < -0.4 is 4.74 Å². The average Bonchev–Trinajstić information content (AvgIpc) is 3.71. The molecule has 3 heterocycles. The molecule has 0 radical (unpaired) electrons. The van der Waals surface area contributed by atoms with E-state index in [2.05, 4.69) is 83.4 Å². The second kappa shape index (κ2) is 9.55. The summed E-state index contributed by atoms with van der Waals surface area (Å²) in [5.41, 5.74) is 8.98. The summed E-state index contributed by atoms with van der Waals surface area (Å²) in [4.78, 5) is 10.1. The lowest BCUT2D eigenvalue weighted by molar-refractivity contribution is 0.323. The van der Waals surface area contributed by atoms with Gasteiger partial charge >= 0.3 is 0 Å². The van der Waals surface area contributed by atoms with Gasteiger partial charge in [0.2, 0.25) is 11.8 Å². The van der Waals surface area contributed by atoms with Crippen LogP contribution in [0.5, 0.6) is 17.5 Å². The molecule has 0 atom stereocenters. The first-order valence-corrected chi connectivity index (χ1v) is 15.2. The lowest BCUT2D eigenvalue weighted by Gasteiger charge is -2.22. The number of nitrogens with zero attached hydrogens (tertiary/aromatic N) is 3. The predicted octanol–water partition coefficient (Wildman–Crippen LogP) is 8.62. The first-order valence-electron chi connectivity index (χ1n) is 15.2. The Kier molecular flexibility index (Phi) is 5.45. The van der Waals surface area contributed by atoms with Crippen LogP contribution in [0.25, 0.3) is 38.9 Å². The molecule has 0 amide bonds. The summed E-state index contributed by atoms with van der Waals surface area (Å²) in [6.45, 7) is 0. The Bertz CT molecular complexity index is 2170.